The molecule has 2 aromatic carbocycles. The summed E-state index contributed by atoms with van der Waals surface area (Å²) >= 11 is 0. The van der Waals surface area contributed by atoms with Gasteiger partial charge in [0.25, 0.3) is 0 Å². The van der Waals surface area contributed by atoms with Crippen LogP contribution in [0.5, 0.6) is 0 Å². The number of likely N-dealkylation sites (N-methyl/N-ethyl adjacent to an activating group) is 1. The van der Waals surface area contributed by atoms with Crippen LogP contribution in [0.2, 0.25) is 0 Å². The van der Waals surface area contributed by atoms with Crippen LogP contribution in [0.3, 0.4) is 0 Å². The summed E-state index contributed by atoms with van der Waals surface area (Å²) in [5.74, 6) is -3.74. The van der Waals surface area contributed by atoms with Crippen molar-refractivity contribution in [2.45, 2.75) is 259 Å². The SMILES string of the molecule is CC[C@H]1OC(=O)[C@H](C)[C@@H](C2C[C@@](C)(OC)[C@@H](O)[C@H](C)O2)[C@H](C)[C@@H](O[C@@H]2O[C@H](C)C[C@H](N(C)C)[C@H]2O)[C@](C)(O)C[C@@H](C)CN(C(=O)CCCCCC[PH](c2cc(C)cc(C)c2)(c2cc(C)cc(C)c2)c2cnn(C(C)C)c2)[C@H](C)[C@@H](O)[C@]1(C)O. The van der Waals surface area contributed by atoms with E-state index in [0.717, 1.165) is 25.4 Å². The predicted octanol–water partition coefficient (Wildman–Crippen LogP) is 7.76. The molecule has 83 heavy (non-hydrogen) atoms. The molecule has 1 aromatic heterocycles. The number of aromatic nitrogens is 2. The first-order valence-corrected chi connectivity index (χ1v) is 33.3. The number of hydrogen-bond acceptors (Lipinski definition) is 14. The summed E-state index contributed by atoms with van der Waals surface area (Å²) in [7, 11) is 2.66. The number of unbranched alkanes of at least 4 members (excludes halogenated alkanes) is 3. The number of cyclic esters (lactones) is 1. The molecule has 0 aliphatic carbocycles. The van der Waals surface area contributed by atoms with Gasteiger partial charge in [0.2, 0.25) is 0 Å². The number of ether oxygens (including phenoxy) is 5. The van der Waals surface area contributed by atoms with Gasteiger partial charge in [-0.05, 0) is 60.5 Å². The summed E-state index contributed by atoms with van der Waals surface area (Å²) in [6, 6.07) is 12.9. The van der Waals surface area contributed by atoms with Crippen LogP contribution in [0.1, 0.15) is 169 Å². The van der Waals surface area contributed by atoms with E-state index in [-0.39, 0.29) is 56.3 Å². The summed E-state index contributed by atoms with van der Waals surface area (Å²) in [6.07, 6.45) is 0.739. The maximum atomic E-state index is 15.0. The molecule has 3 aliphatic rings. The number of aliphatic hydroxyl groups excluding tert-OH is 3. The van der Waals surface area contributed by atoms with Gasteiger partial charge in [-0.15, -0.1) is 0 Å². The van der Waals surface area contributed by atoms with E-state index in [9.17, 15) is 35.1 Å². The van der Waals surface area contributed by atoms with E-state index in [0.29, 0.717) is 12.8 Å². The van der Waals surface area contributed by atoms with Gasteiger partial charge in [0.15, 0.2) is 6.29 Å². The molecule has 3 saturated heterocycles. The number of amides is 1. The number of rotatable bonds is 17. The van der Waals surface area contributed by atoms with Gasteiger partial charge in [-0.1, -0.05) is 20.8 Å². The van der Waals surface area contributed by atoms with Crippen molar-refractivity contribution in [1.82, 2.24) is 19.6 Å². The van der Waals surface area contributed by atoms with Crippen LogP contribution in [-0.2, 0) is 33.3 Å². The zero-order valence-electron chi connectivity index (χ0n) is 54.0. The molecule has 0 spiro atoms. The molecule has 3 aliphatic heterocycles. The Hall–Kier alpha value is -3.38. The fraction of sp³-hybridized carbons (Fsp3) is 0.742. The van der Waals surface area contributed by atoms with Gasteiger partial charge in [0, 0.05) is 25.5 Å². The molecular formula is C66H109N4O12P. The molecule has 6 rings (SSSR count). The molecule has 0 radical (unpaired) electrons. The Kier molecular flexibility index (Phi) is 23.3. The van der Waals surface area contributed by atoms with Gasteiger partial charge in [-0.25, -0.2) is 0 Å². The van der Waals surface area contributed by atoms with E-state index in [1.807, 2.05) is 46.7 Å². The minimum atomic E-state index is -2.66. The van der Waals surface area contributed by atoms with Crippen LogP contribution in [0.4, 0.5) is 0 Å². The topological polar surface area (TPSA) is 206 Å². The normalized spacial score (nSPS) is 35.7. The molecule has 0 bridgehead atoms. The second-order valence-electron chi connectivity index (χ2n) is 27.2. The van der Waals surface area contributed by atoms with Crippen molar-refractivity contribution in [3.05, 3.63) is 71.0 Å². The molecule has 18 atom stereocenters. The second-order valence-corrected chi connectivity index (χ2v) is 31.3. The molecule has 4 heterocycles. The summed E-state index contributed by atoms with van der Waals surface area (Å²) in [5, 5.41) is 70.3. The van der Waals surface area contributed by atoms with Gasteiger partial charge in [0.05, 0.1) is 35.9 Å². The Labute approximate surface area is 498 Å². The zero-order chi connectivity index (χ0) is 61.8. The number of esters is 1. The molecule has 470 valence electrons. The molecule has 0 saturated carbocycles. The zero-order valence-corrected chi connectivity index (χ0v) is 55.0. The molecule has 3 aromatic rings. The van der Waals surface area contributed by atoms with E-state index in [1.54, 1.807) is 39.5 Å². The van der Waals surface area contributed by atoms with Crippen molar-refractivity contribution < 1.29 is 58.8 Å². The molecular weight excluding hydrogens is 1070 g/mol. The van der Waals surface area contributed by atoms with E-state index >= 15 is 0 Å². The summed E-state index contributed by atoms with van der Waals surface area (Å²) in [4.78, 5) is 33.5. The monoisotopic (exact) mass is 1180 g/mol. The number of aryl methyl sites for hydroxylation is 4. The van der Waals surface area contributed by atoms with Crippen LogP contribution < -0.4 is 15.9 Å². The third-order valence-electron chi connectivity index (χ3n) is 19.3. The first-order chi connectivity index (χ1) is 38.7. The number of benzene rings is 2. The summed E-state index contributed by atoms with van der Waals surface area (Å²) in [6.45, 7) is 30.8. The first-order valence-electron chi connectivity index (χ1n) is 31.1. The van der Waals surface area contributed by atoms with Crippen LogP contribution in [-0.4, -0.2) is 175 Å². The standard InChI is InChI=1S/C66H109N4O12P/c1-20-55-66(16,77)59(73)48(12)69(56(71)25-23-21-22-24-26-83(50-29-40(4)27-41(5)30-50,51-31-42(6)28-43(7)32-51)52-36-67-70(38-52)39(2)3)37-44(8)34-64(14,76)61(82-63-58(72)53(68(17)18)33-45(9)79-63)46(10)57(47(11)62(75)81-55)54-35-65(15,78-19)60(74)49(13)80-54/h27-32,36,38-39,44-49,53-55,57-61,63,72-74,76-77,83H,20-26,33-35,37H2,1-19H3/t44-,45-,46+,47-,48-,49+,53+,54?,55-,57+,58-,59-,60+,61-,63+,64-,65-,66-/m1/s1. The van der Waals surface area contributed by atoms with Crippen LogP contribution >= 0.6 is 7.26 Å². The second kappa shape index (κ2) is 28.2. The fourth-order valence-corrected chi connectivity index (χ4v) is 19.9. The van der Waals surface area contributed by atoms with Crippen molar-refractivity contribution in [1.29, 1.82) is 0 Å². The van der Waals surface area contributed by atoms with Gasteiger partial charge in [-0.2, -0.15) is 0 Å². The van der Waals surface area contributed by atoms with Crippen molar-refractivity contribution in [2.24, 2.45) is 23.7 Å². The van der Waals surface area contributed by atoms with Crippen molar-refractivity contribution in [2.75, 3.05) is 33.9 Å². The van der Waals surface area contributed by atoms with Gasteiger partial charge in [-0.3, -0.25) is 4.79 Å². The fourth-order valence-electron chi connectivity index (χ4n) is 14.8. The summed E-state index contributed by atoms with van der Waals surface area (Å²) < 4.78 is 34.4. The molecule has 16 nitrogen and oxygen atoms in total. The Balaban J connectivity index is 1.33. The van der Waals surface area contributed by atoms with Gasteiger partial charge >= 0.3 is 291 Å². The molecule has 5 N–H and O–H groups in total. The Morgan fingerprint density at radius 2 is 1.41 bits per heavy atom. The average Bonchev–Trinajstić information content (AvgIpc) is 2.80. The third-order valence-corrected chi connectivity index (χ3v) is 24.2. The quantitative estimate of drug-likeness (QED) is 0.0498. The number of hydrogen-bond donors (Lipinski definition) is 5. The van der Waals surface area contributed by atoms with E-state index in [4.69, 9.17) is 28.8 Å². The van der Waals surface area contributed by atoms with Gasteiger partial charge in [0.1, 0.15) is 12.2 Å². The molecule has 1 unspecified atom stereocenters. The van der Waals surface area contributed by atoms with Crippen molar-refractivity contribution >= 4 is 35.1 Å². The van der Waals surface area contributed by atoms with Crippen LogP contribution in [0.15, 0.2) is 48.8 Å². The molecule has 1 amide bonds. The Morgan fingerprint density at radius 1 is 0.831 bits per heavy atom. The summed E-state index contributed by atoms with van der Waals surface area (Å²) in [5.41, 5.74) is 0.136. The van der Waals surface area contributed by atoms with Crippen molar-refractivity contribution in [3.63, 3.8) is 0 Å². The average molecular weight is 1180 g/mol. The predicted molar refractivity (Wildman–Crippen MR) is 331 cm³/mol. The van der Waals surface area contributed by atoms with E-state index < -0.39 is 109 Å². The molecule has 17 heteroatoms. The number of methoxy groups -OCH3 is 1. The Morgan fingerprint density at radius 3 is 1.94 bits per heavy atom. The maximum absolute atomic E-state index is 15.0. The van der Waals surface area contributed by atoms with Gasteiger partial charge < -0.3 is 43.9 Å². The van der Waals surface area contributed by atoms with E-state index in [1.165, 1.54) is 52.2 Å². The van der Waals surface area contributed by atoms with Crippen LogP contribution in [0, 0.1) is 51.4 Å². The van der Waals surface area contributed by atoms with Crippen molar-refractivity contribution in [3.8, 4) is 0 Å². The molecule has 3 fully saturated rings. The third kappa shape index (κ3) is 15.5. The number of nitrogens with zero attached hydrogens (tertiary/aromatic N) is 4. The number of aliphatic hydroxyl groups is 5. The van der Waals surface area contributed by atoms with Crippen LogP contribution in [0.25, 0.3) is 0 Å². The minimum absolute atomic E-state index is 0.0860. The number of carbonyl (C=O) groups is 2. The number of carbonyl (C=O) groups excluding carboxylic acids is 2. The first kappa shape index (κ1) is 68.7. The Bertz CT molecular complexity index is 2520. The van der Waals surface area contributed by atoms with E-state index in [2.05, 4.69) is 95.0 Å².